The third-order valence-corrected chi connectivity index (χ3v) is 10.1. The van der Waals surface area contributed by atoms with Gasteiger partial charge in [-0.2, -0.15) is 0 Å². The van der Waals surface area contributed by atoms with E-state index in [0.717, 1.165) is 66.5 Å². The van der Waals surface area contributed by atoms with Gasteiger partial charge in [-0.25, -0.2) is 9.97 Å². The molecule has 10 aromatic rings. The SMILES string of the molecule is c1ccc(-c2cc(-c3ccc(-c4ccc5oc6c7ccccc7c(-c7ccccc7-c7ccccc7)cc6c5c4)cc3)nc(-c3ccccc3)n2)cc1. The molecular formula is C50H32N2O. The summed E-state index contributed by atoms with van der Waals surface area (Å²) in [5.74, 6) is 0.710. The van der Waals surface area contributed by atoms with E-state index in [4.69, 9.17) is 14.4 Å². The fourth-order valence-corrected chi connectivity index (χ4v) is 7.49. The minimum atomic E-state index is 0.710. The fraction of sp³-hybridized carbons (Fsp3) is 0. The second kappa shape index (κ2) is 12.9. The van der Waals surface area contributed by atoms with Gasteiger partial charge in [0.05, 0.1) is 11.4 Å². The lowest BCUT2D eigenvalue weighted by Crippen LogP contribution is -1.95. The van der Waals surface area contributed by atoms with E-state index >= 15 is 0 Å². The van der Waals surface area contributed by atoms with Gasteiger partial charge in [0.1, 0.15) is 11.2 Å². The molecule has 0 radical (unpaired) electrons. The maximum absolute atomic E-state index is 6.62. The predicted octanol–water partition coefficient (Wildman–Crippen LogP) is 13.5. The molecule has 3 nitrogen and oxygen atoms in total. The first-order valence-corrected chi connectivity index (χ1v) is 17.9. The molecule has 10 rings (SSSR count). The Kier molecular flexibility index (Phi) is 7.47. The summed E-state index contributed by atoms with van der Waals surface area (Å²) in [6.07, 6.45) is 0. The molecule has 3 heteroatoms. The van der Waals surface area contributed by atoms with Gasteiger partial charge in [-0.15, -0.1) is 0 Å². The Labute approximate surface area is 307 Å². The van der Waals surface area contributed by atoms with Crippen LogP contribution in [0.25, 0.3) is 100.0 Å². The van der Waals surface area contributed by atoms with Crippen molar-refractivity contribution in [3.63, 3.8) is 0 Å². The van der Waals surface area contributed by atoms with Gasteiger partial charge in [0.15, 0.2) is 5.82 Å². The summed E-state index contributed by atoms with van der Waals surface area (Å²) in [5, 5.41) is 4.49. The van der Waals surface area contributed by atoms with Crippen LogP contribution in [-0.4, -0.2) is 9.97 Å². The lowest BCUT2D eigenvalue weighted by Gasteiger charge is -2.13. The molecule has 2 heterocycles. The zero-order valence-electron chi connectivity index (χ0n) is 28.8. The van der Waals surface area contributed by atoms with Crippen molar-refractivity contribution in [3.05, 3.63) is 194 Å². The van der Waals surface area contributed by atoms with Crippen LogP contribution >= 0.6 is 0 Å². The van der Waals surface area contributed by atoms with Crippen molar-refractivity contribution >= 4 is 32.7 Å². The molecule has 0 spiro atoms. The van der Waals surface area contributed by atoms with Crippen LogP contribution in [0, 0.1) is 0 Å². The number of fused-ring (bicyclic) bond motifs is 5. The summed E-state index contributed by atoms with van der Waals surface area (Å²) < 4.78 is 6.62. The molecule has 8 aromatic carbocycles. The fourth-order valence-electron chi connectivity index (χ4n) is 7.49. The van der Waals surface area contributed by atoms with Crippen molar-refractivity contribution in [1.82, 2.24) is 9.97 Å². The normalized spacial score (nSPS) is 11.4. The van der Waals surface area contributed by atoms with Crippen LogP contribution in [0.1, 0.15) is 0 Å². The molecular weight excluding hydrogens is 645 g/mol. The van der Waals surface area contributed by atoms with Gasteiger partial charge in [-0.3, -0.25) is 0 Å². The second-order valence-electron chi connectivity index (χ2n) is 13.3. The lowest BCUT2D eigenvalue weighted by atomic mass is 9.90. The Hall–Kier alpha value is -7.10. The molecule has 0 fully saturated rings. The minimum absolute atomic E-state index is 0.710. The maximum Gasteiger partial charge on any atom is 0.160 e. The van der Waals surface area contributed by atoms with E-state index < -0.39 is 0 Å². The van der Waals surface area contributed by atoms with E-state index in [1.54, 1.807) is 0 Å². The van der Waals surface area contributed by atoms with E-state index in [1.807, 2.05) is 36.4 Å². The van der Waals surface area contributed by atoms with Crippen molar-refractivity contribution < 1.29 is 4.42 Å². The summed E-state index contributed by atoms with van der Waals surface area (Å²) in [5.41, 5.74) is 13.7. The van der Waals surface area contributed by atoms with Gasteiger partial charge in [0, 0.05) is 32.8 Å². The predicted molar refractivity (Wildman–Crippen MR) is 219 cm³/mol. The van der Waals surface area contributed by atoms with Crippen molar-refractivity contribution in [2.45, 2.75) is 0 Å². The average Bonchev–Trinajstić information content (AvgIpc) is 3.62. The molecule has 0 N–H and O–H groups in total. The Balaban J connectivity index is 1.08. The molecule has 248 valence electrons. The minimum Gasteiger partial charge on any atom is -0.455 e. The molecule has 0 saturated heterocycles. The van der Waals surface area contributed by atoms with Crippen molar-refractivity contribution in [3.8, 4) is 67.3 Å². The number of hydrogen-bond acceptors (Lipinski definition) is 3. The molecule has 0 atom stereocenters. The maximum atomic E-state index is 6.62. The summed E-state index contributed by atoms with van der Waals surface area (Å²) in [6, 6.07) is 68.0. The van der Waals surface area contributed by atoms with Gasteiger partial charge in [-0.1, -0.05) is 170 Å². The van der Waals surface area contributed by atoms with E-state index in [1.165, 1.54) is 27.6 Å². The molecule has 0 aliphatic heterocycles. The van der Waals surface area contributed by atoms with Crippen molar-refractivity contribution in [1.29, 1.82) is 0 Å². The standard InChI is InChI=1S/C50H32N2O/c1-4-14-34(15-5-1)39-20-10-11-21-40(39)43-31-45-44-30-38(28-29-48(44)53-49(45)42-23-13-12-22-41(42)43)33-24-26-36(27-25-33)47-32-46(35-16-6-2-7-17-35)51-50(52-47)37-18-8-3-9-19-37/h1-32H. The molecule has 2 aromatic heterocycles. The lowest BCUT2D eigenvalue weighted by molar-refractivity contribution is 0.673. The summed E-state index contributed by atoms with van der Waals surface area (Å²) in [6.45, 7) is 0. The molecule has 0 aliphatic carbocycles. The summed E-state index contributed by atoms with van der Waals surface area (Å²) in [7, 11) is 0. The monoisotopic (exact) mass is 676 g/mol. The van der Waals surface area contributed by atoms with Crippen molar-refractivity contribution in [2.75, 3.05) is 0 Å². The highest BCUT2D eigenvalue weighted by Gasteiger charge is 2.18. The number of aromatic nitrogens is 2. The number of rotatable bonds is 6. The first-order valence-electron chi connectivity index (χ1n) is 17.9. The van der Waals surface area contributed by atoms with E-state index in [0.29, 0.717) is 5.82 Å². The van der Waals surface area contributed by atoms with Crippen LogP contribution in [0.3, 0.4) is 0 Å². The summed E-state index contributed by atoms with van der Waals surface area (Å²) >= 11 is 0. The number of hydrogen-bond donors (Lipinski definition) is 0. The number of furan rings is 1. The first-order chi connectivity index (χ1) is 26.3. The molecule has 0 unspecified atom stereocenters. The Morgan fingerprint density at radius 1 is 0.302 bits per heavy atom. The molecule has 0 aliphatic rings. The van der Waals surface area contributed by atoms with Crippen LogP contribution < -0.4 is 0 Å². The zero-order valence-corrected chi connectivity index (χ0v) is 28.8. The zero-order chi connectivity index (χ0) is 35.1. The topological polar surface area (TPSA) is 38.9 Å². The third kappa shape index (κ3) is 5.56. The highest BCUT2D eigenvalue weighted by atomic mass is 16.3. The Bertz CT molecular complexity index is 2860. The van der Waals surface area contributed by atoms with Gasteiger partial charge in [-0.05, 0) is 63.0 Å². The van der Waals surface area contributed by atoms with Crippen LogP contribution in [0.2, 0.25) is 0 Å². The molecule has 0 amide bonds. The molecule has 53 heavy (non-hydrogen) atoms. The van der Waals surface area contributed by atoms with Gasteiger partial charge in [0.25, 0.3) is 0 Å². The van der Waals surface area contributed by atoms with Crippen LogP contribution in [0.15, 0.2) is 199 Å². The van der Waals surface area contributed by atoms with E-state index in [-0.39, 0.29) is 0 Å². The average molecular weight is 677 g/mol. The number of benzene rings is 8. The summed E-state index contributed by atoms with van der Waals surface area (Å²) in [4.78, 5) is 9.99. The van der Waals surface area contributed by atoms with Gasteiger partial charge >= 0.3 is 0 Å². The number of nitrogens with zero attached hydrogens (tertiary/aromatic N) is 2. The van der Waals surface area contributed by atoms with Gasteiger partial charge < -0.3 is 4.42 Å². The third-order valence-electron chi connectivity index (χ3n) is 10.1. The Morgan fingerprint density at radius 3 is 1.53 bits per heavy atom. The molecule has 0 saturated carbocycles. The first kappa shape index (κ1) is 30.7. The van der Waals surface area contributed by atoms with Crippen LogP contribution in [-0.2, 0) is 0 Å². The quantitative estimate of drug-likeness (QED) is 0.176. The van der Waals surface area contributed by atoms with Crippen LogP contribution in [0.4, 0.5) is 0 Å². The highest BCUT2D eigenvalue weighted by molar-refractivity contribution is 6.20. The van der Waals surface area contributed by atoms with E-state index in [2.05, 4.69) is 158 Å². The van der Waals surface area contributed by atoms with E-state index in [9.17, 15) is 0 Å². The smallest absolute Gasteiger partial charge is 0.160 e. The highest BCUT2D eigenvalue weighted by Crippen LogP contribution is 2.43. The Morgan fingerprint density at radius 2 is 0.830 bits per heavy atom. The largest absolute Gasteiger partial charge is 0.455 e. The second-order valence-corrected chi connectivity index (χ2v) is 13.3. The van der Waals surface area contributed by atoms with Crippen molar-refractivity contribution in [2.24, 2.45) is 0 Å². The van der Waals surface area contributed by atoms with Crippen LogP contribution in [0.5, 0.6) is 0 Å². The van der Waals surface area contributed by atoms with Gasteiger partial charge in [0.2, 0.25) is 0 Å². The molecule has 0 bridgehead atoms.